The first-order chi connectivity index (χ1) is 12.7. The van der Waals surface area contributed by atoms with Crippen molar-refractivity contribution in [1.82, 2.24) is 15.1 Å². The highest BCUT2D eigenvalue weighted by Crippen LogP contribution is 2.25. The van der Waals surface area contributed by atoms with E-state index in [1.54, 1.807) is 14.2 Å². The van der Waals surface area contributed by atoms with Gasteiger partial charge < -0.3 is 19.7 Å². The molecule has 144 valence electrons. The quantitative estimate of drug-likeness (QED) is 0.350. The number of nitrogens with one attached hydrogen (secondary N) is 1. The Morgan fingerprint density at radius 1 is 1.19 bits per heavy atom. The van der Waals surface area contributed by atoms with Gasteiger partial charge in [0.1, 0.15) is 11.5 Å². The van der Waals surface area contributed by atoms with Crippen LogP contribution in [0.15, 0.2) is 35.3 Å². The average molecular weight is 361 g/mol. The fourth-order valence-corrected chi connectivity index (χ4v) is 3.13. The van der Waals surface area contributed by atoms with Gasteiger partial charge in [0, 0.05) is 51.9 Å². The van der Waals surface area contributed by atoms with Crippen LogP contribution in [0.25, 0.3) is 0 Å². The minimum Gasteiger partial charge on any atom is -0.497 e. The predicted molar refractivity (Wildman–Crippen MR) is 107 cm³/mol. The maximum Gasteiger partial charge on any atom is 0.193 e. The standard InChI is InChI=1S/C20H32N4O2/c1-5-6-7-10-22-20(21-2)24-13-11-23(12-14-24)16-17-15-18(25-3)8-9-19(17)26-4/h5-6,8-9,15H,7,10-14,16H2,1-4H3,(H,21,22)/b6-5+. The molecule has 0 spiro atoms. The molecule has 6 heteroatoms. The second kappa shape index (κ2) is 10.7. The summed E-state index contributed by atoms with van der Waals surface area (Å²) in [5.41, 5.74) is 1.16. The number of benzene rings is 1. The van der Waals surface area contributed by atoms with E-state index in [0.29, 0.717) is 0 Å². The highest BCUT2D eigenvalue weighted by molar-refractivity contribution is 5.80. The van der Waals surface area contributed by atoms with Crippen molar-refractivity contribution in [2.75, 3.05) is 54.0 Å². The number of hydrogen-bond donors (Lipinski definition) is 1. The smallest absolute Gasteiger partial charge is 0.193 e. The number of hydrogen-bond acceptors (Lipinski definition) is 4. The summed E-state index contributed by atoms with van der Waals surface area (Å²) in [7, 11) is 5.26. The summed E-state index contributed by atoms with van der Waals surface area (Å²) in [4.78, 5) is 9.19. The molecule has 0 amide bonds. The van der Waals surface area contributed by atoms with Gasteiger partial charge in [-0.2, -0.15) is 0 Å². The van der Waals surface area contributed by atoms with Crippen LogP contribution in [-0.2, 0) is 6.54 Å². The van der Waals surface area contributed by atoms with E-state index >= 15 is 0 Å². The molecule has 0 aliphatic carbocycles. The lowest BCUT2D eigenvalue weighted by Crippen LogP contribution is -2.52. The Kier molecular flexibility index (Phi) is 8.28. The predicted octanol–water partition coefficient (Wildman–Crippen LogP) is 2.36. The molecule has 1 heterocycles. The van der Waals surface area contributed by atoms with Crippen LogP contribution < -0.4 is 14.8 Å². The first-order valence-electron chi connectivity index (χ1n) is 9.21. The van der Waals surface area contributed by atoms with E-state index in [4.69, 9.17) is 9.47 Å². The van der Waals surface area contributed by atoms with Crippen LogP contribution in [0.1, 0.15) is 18.9 Å². The molecule has 0 aromatic heterocycles. The van der Waals surface area contributed by atoms with Crippen LogP contribution in [0.5, 0.6) is 11.5 Å². The van der Waals surface area contributed by atoms with Gasteiger partial charge in [-0.05, 0) is 31.5 Å². The Hall–Kier alpha value is -2.21. The van der Waals surface area contributed by atoms with Crippen molar-refractivity contribution in [2.45, 2.75) is 19.9 Å². The molecule has 2 rings (SSSR count). The summed E-state index contributed by atoms with van der Waals surface area (Å²) in [5.74, 6) is 2.77. The van der Waals surface area contributed by atoms with Crippen molar-refractivity contribution in [3.05, 3.63) is 35.9 Å². The lowest BCUT2D eigenvalue weighted by atomic mass is 10.1. The molecule has 26 heavy (non-hydrogen) atoms. The van der Waals surface area contributed by atoms with Crippen LogP contribution in [0, 0.1) is 0 Å². The van der Waals surface area contributed by atoms with Crippen molar-refractivity contribution in [3.8, 4) is 11.5 Å². The highest BCUT2D eigenvalue weighted by Gasteiger charge is 2.20. The Morgan fingerprint density at radius 2 is 1.96 bits per heavy atom. The highest BCUT2D eigenvalue weighted by atomic mass is 16.5. The fraction of sp³-hybridized carbons (Fsp3) is 0.550. The second-order valence-electron chi connectivity index (χ2n) is 6.27. The third kappa shape index (κ3) is 5.66. The number of guanidine groups is 1. The van der Waals surface area contributed by atoms with Crippen molar-refractivity contribution in [2.24, 2.45) is 4.99 Å². The van der Waals surface area contributed by atoms with E-state index in [2.05, 4.69) is 38.3 Å². The zero-order chi connectivity index (χ0) is 18.8. The van der Waals surface area contributed by atoms with Gasteiger partial charge in [0.2, 0.25) is 0 Å². The number of methoxy groups -OCH3 is 2. The SMILES string of the molecule is C/C=C/CCNC(=NC)N1CCN(Cc2cc(OC)ccc2OC)CC1. The molecule has 6 nitrogen and oxygen atoms in total. The van der Waals surface area contributed by atoms with E-state index in [0.717, 1.165) is 68.7 Å². The number of allylic oxidation sites excluding steroid dienone is 1. The topological polar surface area (TPSA) is 49.3 Å². The van der Waals surface area contributed by atoms with Gasteiger partial charge in [-0.3, -0.25) is 9.89 Å². The summed E-state index contributed by atoms with van der Waals surface area (Å²) in [5, 5.41) is 3.44. The third-order valence-electron chi connectivity index (χ3n) is 4.59. The zero-order valence-electron chi connectivity index (χ0n) is 16.5. The van der Waals surface area contributed by atoms with Gasteiger partial charge in [0.15, 0.2) is 5.96 Å². The maximum atomic E-state index is 5.50. The Balaban J connectivity index is 1.88. The van der Waals surface area contributed by atoms with E-state index in [9.17, 15) is 0 Å². The minimum absolute atomic E-state index is 0.863. The van der Waals surface area contributed by atoms with E-state index < -0.39 is 0 Å². The molecule has 1 aromatic carbocycles. The molecule has 1 aliphatic rings. The number of piperazine rings is 1. The van der Waals surface area contributed by atoms with Crippen LogP contribution in [0.2, 0.25) is 0 Å². The summed E-state index contributed by atoms with van der Waals surface area (Å²) >= 11 is 0. The molecule has 0 bridgehead atoms. The number of nitrogens with zero attached hydrogens (tertiary/aromatic N) is 3. The lowest BCUT2D eigenvalue weighted by Gasteiger charge is -2.36. The minimum atomic E-state index is 0.863. The molecule has 1 saturated heterocycles. The fourth-order valence-electron chi connectivity index (χ4n) is 3.13. The number of ether oxygens (including phenoxy) is 2. The van der Waals surface area contributed by atoms with Crippen LogP contribution in [-0.4, -0.2) is 69.8 Å². The second-order valence-corrected chi connectivity index (χ2v) is 6.27. The Morgan fingerprint density at radius 3 is 2.58 bits per heavy atom. The molecule has 1 aromatic rings. The zero-order valence-corrected chi connectivity index (χ0v) is 16.5. The molecule has 1 fully saturated rings. The summed E-state index contributed by atoms with van der Waals surface area (Å²) in [6.07, 6.45) is 5.26. The number of rotatable bonds is 7. The number of aliphatic imine (C=N–C) groups is 1. The van der Waals surface area contributed by atoms with Gasteiger partial charge in [-0.25, -0.2) is 0 Å². The summed E-state index contributed by atoms with van der Waals surface area (Å²) in [6, 6.07) is 5.97. The normalized spacial score (nSPS) is 16.2. The molecule has 0 atom stereocenters. The first-order valence-corrected chi connectivity index (χ1v) is 9.21. The molecular formula is C20H32N4O2. The Labute approximate surface area is 157 Å². The monoisotopic (exact) mass is 360 g/mol. The van der Waals surface area contributed by atoms with Gasteiger partial charge >= 0.3 is 0 Å². The molecule has 1 aliphatic heterocycles. The largest absolute Gasteiger partial charge is 0.497 e. The Bertz CT molecular complexity index is 608. The molecular weight excluding hydrogens is 328 g/mol. The average Bonchev–Trinajstić information content (AvgIpc) is 2.69. The summed E-state index contributed by atoms with van der Waals surface area (Å²) in [6.45, 7) is 7.75. The van der Waals surface area contributed by atoms with Crippen molar-refractivity contribution in [1.29, 1.82) is 0 Å². The molecule has 0 saturated carbocycles. The van der Waals surface area contributed by atoms with Crippen molar-refractivity contribution >= 4 is 5.96 Å². The molecule has 0 unspecified atom stereocenters. The summed E-state index contributed by atoms with van der Waals surface area (Å²) < 4.78 is 10.9. The van der Waals surface area contributed by atoms with Crippen LogP contribution >= 0.6 is 0 Å². The van der Waals surface area contributed by atoms with E-state index in [1.807, 2.05) is 26.1 Å². The van der Waals surface area contributed by atoms with Crippen molar-refractivity contribution < 1.29 is 9.47 Å². The molecule has 0 radical (unpaired) electrons. The maximum absolute atomic E-state index is 5.50. The third-order valence-corrected chi connectivity index (χ3v) is 4.59. The van der Waals surface area contributed by atoms with Gasteiger partial charge in [-0.15, -0.1) is 0 Å². The van der Waals surface area contributed by atoms with Gasteiger partial charge in [-0.1, -0.05) is 12.2 Å². The van der Waals surface area contributed by atoms with Gasteiger partial charge in [0.05, 0.1) is 14.2 Å². The first kappa shape index (κ1) is 20.1. The van der Waals surface area contributed by atoms with Crippen molar-refractivity contribution in [3.63, 3.8) is 0 Å². The van der Waals surface area contributed by atoms with Crippen LogP contribution in [0.4, 0.5) is 0 Å². The van der Waals surface area contributed by atoms with E-state index in [-0.39, 0.29) is 0 Å². The van der Waals surface area contributed by atoms with E-state index in [1.165, 1.54) is 0 Å². The lowest BCUT2D eigenvalue weighted by molar-refractivity contribution is 0.171. The molecule has 1 N–H and O–H groups in total. The van der Waals surface area contributed by atoms with Gasteiger partial charge in [0.25, 0.3) is 0 Å². The van der Waals surface area contributed by atoms with Crippen LogP contribution in [0.3, 0.4) is 0 Å².